The number of hydrogen-bond donors (Lipinski definition) is 1. The first kappa shape index (κ1) is 7.10. The van der Waals surface area contributed by atoms with Crippen molar-refractivity contribution in [1.82, 2.24) is 5.06 Å². The summed E-state index contributed by atoms with van der Waals surface area (Å²) in [6.07, 6.45) is 4.48. The SMILES string of the molecule is O=C1C2CCCCC2CN1O. The minimum Gasteiger partial charge on any atom is -0.286 e. The summed E-state index contributed by atoms with van der Waals surface area (Å²) in [6, 6.07) is 0. The van der Waals surface area contributed by atoms with E-state index in [2.05, 4.69) is 0 Å². The smallest absolute Gasteiger partial charge is 0.249 e. The number of hydroxylamine groups is 2. The molecule has 2 unspecified atom stereocenters. The van der Waals surface area contributed by atoms with E-state index in [1.807, 2.05) is 0 Å². The molecule has 1 amide bonds. The molecule has 0 aromatic carbocycles. The van der Waals surface area contributed by atoms with Crippen LogP contribution in [-0.2, 0) is 4.79 Å². The Morgan fingerprint density at radius 1 is 1.36 bits per heavy atom. The summed E-state index contributed by atoms with van der Waals surface area (Å²) in [7, 11) is 0. The molecule has 1 saturated carbocycles. The highest BCUT2D eigenvalue weighted by Gasteiger charge is 2.40. The van der Waals surface area contributed by atoms with E-state index in [4.69, 9.17) is 5.21 Å². The maximum atomic E-state index is 11.2. The first-order chi connectivity index (χ1) is 5.29. The van der Waals surface area contributed by atoms with Crippen molar-refractivity contribution in [3.63, 3.8) is 0 Å². The van der Waals surface area contributed by atoms with Crippen LogP contribution in [0.5, 0.6) is 0 Å². The summed E-state index contributed by atoms with van der Waals surface area (Å²) < 4.78 is 0. The van der Waals surface area contributed by atoms with Gasteiger partial charge < -0.3 is 0 Å². The highest BCUT2D eigenvalue weighted by atomic mass is 16.5. The average Bonchev–Trinajstić information content (AvgIpc) is 2.30. The quantitative estimate of drug-likeness (QED) is 0.531. The number of rotatable bonds is 0. The van der Waals surface area contributed by atoms with Gasteiger partial charge in [0.05, 0.1) is 6.54 Å². The van der Waals surface area contributed by atoms with Crippen molar-refractivity contribution in [2.75, 3.05) is 6.54 Å². The zero-order valence-corrected chi connectivity index (χ0v) is 6.49. The van der Waals surface area contributed by atoms with Gasteiger partial charge in [-0.2, -0.15) is 0 Å². The number of fused-ring (bicyclic) bond motifs is 1. The minimum absolute atomic E-state index is 0.0466. The van der Waals surface area contributed by atoms with Crippen LogP contribution in [0.4, 0.5) is 0 Å². The summed E-state index contributed by atoms with van der Waals surface area (Å²) in [5, 5.41) is 10.0. The molecule has 0 aromatic heterocycles. The number of nitrogens with zero attached hydrogens (tertiary/aromatic N) is 1. The zero-order chi connectivity index (χ0) is 7.84. The summed E-state index contributed by atoms with van der Waals surface area (Å²) in [4.78, 5) is 11.2. The molecule has 0 spiro atoms. The molecular formula is C8H13NO2. The third-order valence-corrected chi connectivity index (χ3v) is 2.89. The van der Waals surface area contributed by atoms with Gasteiger partial charge in [-0.05, 0) is 18.8 Å². The van der Waals surface area contributed by atoms with E-state index in [0.29, 0.717) is 12.5 Å². The molecule has 1 saturated heterocycles. The number of amides is 1. The van der Waals surface area contributed by atoms with Crippen LogP contribution in [0.25, 0.3) is 0 Å². The van der Waals surface area contributed by atoms with Gasteiger partial charge >= 0.3 is 0 Å². The van der Waals surface area contributed by atoms with E-state index in [1.165, 1.54) is 6.42 Å². The minimum atomic E-state index is -0.0466. The Morgan fingerprint density at radius 3 is 2.82 bits per heavy atom. The summed E-state index contributed by atoms with van der Waals surface area (Å²) in [5.41, 5.74) is 0. The van der Waals surface area contributed by atoms with Crippen LogP contribution in [0.15, 0.2) is 0 Å². The lowest BCUT2D eigenvalue weighted by molar-refractivity contribution is -0.160. The molecule has 1 aliphatic heterocycles. The highest BCUT2D eigenvalue weighted by molar-refractivity contribution is 5.80. The maximum absolute atomic E-state index is 11.2. The molecular weight excluding hydrogens is 142 g/mol. The second-order valence-electron chi connectivity index (χ2n) is 3.57. The van der Waals surface area contributed by atoms with Gasteiger partial charge in [-0.3, -0.25) is 10.0 Å². The lowest BCUT2D eigenvalue weighted by Gasteiger charge is -2.20. The molecule has 1 heterocycles. The molecule has 0 aromatic rings. The molecule has 1 aliphatic carbocycles. The Bertz CT molecular complexity index is 181. The van der Waals surface area contributed by atoms with Crippen molar-refractivity contribution in [2.45, 2.75) is 25.7 Å². The van der Waals surface area contributed by atoms with Crippen LogP contribution < -0.4 is 0 Å². The van der Waals surface area contributed by atoms with Gasteiger partial charge in [0, 0.05) is 5.92 Å². The van der Waals surface area contributed by atoms with Crippen LogP contribution in [0.1, 0.15) is 25.7 Å². The molecule has 62 valence electrons. The lowest BCUT2D eigenvalue weighted by Crippen LogP contribution is -2.23. The van der Waals surface area contributed by atoms with Crippen molar-refractivity contribution >= 4 is 5.91 Å². The fourth-order valence-corrected chi connectivity index (χ4v) is 2.25. The third kappa shape index (κ3) is 1.03. The molecule has 0 radical (unpaired) electrons. The third-order valence-electron chi connectivity index (χ3n) is 2.89. The molecule has 0 bridgehead atoms. The van der Waals surface area contributed by atoms with E-state index in [1.54, 1.807) is 0 Å². The Kier molecular flexibility index (Phi) is 1.60. The zero-order valence-electron chi connectivity index (χ0n) is 6.49. The molecule has 2 rings (SSSR count). The van der Waals surface area contributed by atoms with Crippen LogP contribution >= 0.6 is 0 Å². The van der Waals surface area contributed by atoms with Gasteiger partial charge in [-0.15, -0.1) is 0 Å². The van der Waals surface area contributed by atoms with Crippen molar-refractivity contribution in [3.8, 4) is 0 Å². The van der Waals surface area contributed by atoms with E-state index in [0.717, 1.165) is 24.3 Å². The fourth-order valence-electron chi connectivity index (χ4n) is 2.25. The standard InChI is InChI=1S/C8H13NO2/c10-8-7-4-2-1-3-6(7)5-9(8)11/h6-7,11H,1-5H2. The lowest BCUT2D eigenvalue weighted by atomic mass is 9.81. The highest BCUT2D eigenvalue weighted by Crippen LogP contribution is 2.35. The van der Waals surface area contributed by atoms with Gasteiger partial charge in [0.15, 0.2) is 0 Å². The van der Waals surface area contributed by atoms with E-state index < -0.39 is 0 Å². The molecule has 2 aliphatic rings. The van der Waals surface area contributed by atoms with E-state index >= 15 is 0 Å². The van der Waals surface area contributed by atoms with Gasteiger partial charge in [-0.25, -0.2) is 5.06 Å². The topological polar surface area (TPSA) is 40.5 Å². The Labute approximate surface area is 66.0 Å². The first-order valence-corrected chi connectivity index (χ1v) is 4.29. The van der Waals surface area contributed by atoms with Gasteiger partial charge in [-0.1, -0.05) is 12.8 Å². The van der Waals surface area contributed by atoms with Crippen molar-refractivity contribution < 1.29 is 10.0 Å². The predicted octanol–water partition coefficient (Wildman–Crippen LogP) is 1.02. The molecule has 2 fully saturated rings. The Hall–Kier alpha value is -0.570. The number of hydrogen-bond acceptors (Lipinski definition) is 2. The largest absolute Gasteiger partial charge is 0.286 e. The maximum Gasteiger partial charge on any atom is 0.249 e. The summed E-state index contributed by atoms with van der Waals surface area (Å²) >= 11 is 0. The molecule has 3 heteroatoms. The summed E-state index contributed by atoms with van der Waals surface area (Å²) in [6.45, 7) is 0.573. The second-order valence-corrected chi connectivity index (χ2v) is 3.57. The number of carbonyl (C=O) groups excluding carboxylic acids is 1. The van der Waals surface area contributed by atoms with Gasteiger partial charge in [0.1, 0.15) is 0 Å². The summed E-state index contributed by atoms with van der Waals surface area (Å²) in [5.74, 6) is 0.546. The fraction of sp³-hybridized carbons (Fsp3) is 0.875. The van der Waals surface area contributed by atoms with Gasteiger partial charge in [0.25, 0.3) is 0 Å². The molecule has 2 atom stereocenters. The number of carbonyl (C=O) groups is 1. The normalized spacial score (nSPS) is 37.5. The van der Waals surface area contributed by atoms with Crippen LogP contribution in [0.3, 0.4) is 0 Å². The predicted molar refractivity (Wildman–Crippen MR) is 38.9 cm³/mol. The second kappa shape index (κ2) is 2.48. The van der Waals surface area contributed by atoms with Crippen molar-refractivity contribution in [2.24, 2.45) is 11.8 Å². The van der Waals surface area contributed by atoms with Crippen LogP contribution in [-0.4, -0.2) is 22.7 Å². The van der Waals surface area contributed by atoms with E-state index in [9.17, 15) is 4.79 Å². The monoisotopic (exact) mass is 155 g/mol. The van der Waals surface area contributed by atoms with Crippen molar-refractivity contribution in [3.05, 3.63) is 0 Å². The average molecular weight is 155 g/mol. The molecule has 1 N–H and O–H groups in total. The van der Waals surface area contributed by atoms with Crippen LogP contribution in [0, 0.1) is 11.8 Å². The van der Waals surface area contributed by atoms with Gasteiger partial charge in [0.2, 0.25) is 5.91 Å². The molecule has 11 heavy (non-hydrogen) atoms. The van der Waals surface area contributed by atoms with E-state index in [-0.39, 0.29) is 11.8 Å². The molecule has 3 nitrogen and oxygen atoms in total. The Morgan fingerprint density at radius 2 is 2.09 bits per heavy atom. The van der Waals surface area contributed by atoms with Crippen molar-refractivity contribution in [1.29, 1.82) is 0 Å². The first-order valence-electron chi connectivity index (χ1n) is 4.29. The Balaban J connectivity index is 2.11. The van der Waals surface area contributed by atoms with Crippen LogP contribution in [0.2, 0.25) is 0 Å².